The van der Waals surface area contributed by atoms with E-state index in [0.717, 1.165) is 39.9 Å². The molecule has 6 nitrogen and oxygen atoms in total. The number of nitrogens with zero attached hydrogens (tertiary/aromatic N) is 3. The number of aryl methyl sites for hydroxylation is 1. The van der Waals surface area contributed by atoms with E-state index >= 15 is 0 Å². The first-order chi connectivity index (χ1) is 12.1. The average molecular weight is 357 g/mol. The minimum absolute atomic E-state index is 0.640. The van der Waals surface area contributed by atoms with Crippen LogP contribution in [0.2, 0.25) is 5.02 Å². The highest BCUT2D eigenvalue weighted by atomic mass is 35.5. The molecule has 0 saturated heterocycles. The predicted octanol–water partition coefficient (Wildman–Crippen LogP) is 3.89. The highest BCUT2D eigenvalue weighted by molar-refractivity contribution is 6.31. The fourth-order valence-corrected chi connectivity index (χ4v) is 3.26. The summed E-state index contributed by atoms with van der Waals surface area (Å²) in [6.07, 6.45) is 0.640. The van der Waals surface area contributed by atoms with Crippen molar-refractivity contribution in [1.29, 1.82) is 0 Å². The van der Waals surface area contributed by atoms with Crippen LogP contribution in [0.25, 0.3) is 33.3 Å². The van der Waals surface area contributed by atoms with Gasteiger partial charge in [-0.05, 0) is 37.3 Å². The van der Waals surface area contributed by atoms with Crippen LogP contribution < -0.4 is 0 Å². The number of aromatic nitrogens is 4. The van der Waals surface area contributed by atoms with Gasteiger partial charge in [-0.2, -0.15) is 5.10 Å². The second-order valence-corrected chi connectivity index (χ2v) is 6.19. The van der Waals surface area contributed by atoms with Crippen LogP contribution >= 0.6 is 11.6 Å². The number of rotatable bonds is 4. The molecule has 0 aliphatic heterocycles. The third kappa shape index (κ3) is 2.59. The van der Waals surface area contributed by atoms with E-state index in [1.165, 1.54) is 7.11 Å². The zero-order valence-corrected chi connectivity index (χ0v) is 14.6. The van der Waals surface area contributed by atoms with E-state index in [9.17, 15) is 5.11 Å². The monoisotopic (exact) mass is 356 g/mol. The van der Waals surface area contributed by atoms with Crippen LogP contribution in [0.3, 0.4) is 0 Å². The number of benzene rings is 1. The van der Waals surface area contributed by atoms with Gasteiger partial charge in [-0.3, -0.25) is 9.67 Å². The molecule has 0 saturated carbocycles. The number of methoxy groups -OCH3 is 1. The first-order valence-corrected chi connectivity index (χ1v) is 8.35. The van der Waals surface area contributed by atoms with Gasteiger partial charge in [-0.15, -0.1) is 0 Å². The molecule has 1 aromatic carbocycles. The maximum atomic E-state index is 10.0. The van der Waals surface area contributed by atoms with Gasteiger partial charge in [-0.25, -0.2) is 0 Å². The van der Waals surface area contributed by atoms with Gasteiger partial charge in [0.15, 0.2) is 6.29 Å². The normalized spacial score (nSPS) is 13.0. The first kappa shape index (κ1) is 16.1. The molecule has 7 heteroatoms. The van der Waals surface area contributed by atoms with E-state index < -0.39 is 6.29 Å². The summed E-state index contributed by atoms with van der Waals surface area (Å²) in [5.41, 5.74) is 4.76. The number of fused-ring (bicyclic) bond motifs is 2. The predicted molar refractivity (Wildman–Crippen MR) is 97.5 cm³/mol. The number of H-pyrrole nitrogens is 1. The molecule has 1 atom stereocenters. The molecule has 0 bridgehead atoms. The van der Waals surface area contributed by atoms with Gasteiger partial charge in [-0.1, -0.05) is 11.6 Å². The Labute approximate surface area is 149 Å². The minimum atomic E-state index is -1.01. The van der Waals surface area contributed by atoms with Crippen LogP contribution in [0.4, 0.5) is 0 Å². The lowest BCUT2D eigenvalue weighted by atomic mass is 10.1. The fraction of sp³-hybridized carbons (Fsp3) is 0.222. The van der Waals surface area contributed by atoms with Crippen molar-refractivity contribution in [3.63, 3.8) is 0 Å². The average Bonchev–Trinajstić information content (AvgIpc) is 3.21. The summed E-state index contributed by atoms with van der Waals surface area (Å²) in [6, 6.07) is 9.40. The Kier molecular flexibility index (Phi) is 3.95. The van der Waals surface area contributed by atoms with Gasteiger partial charge in [0.25, 0.3) is 0 Å². The molecule has 0 radical (unpaired) electrons. The maximum absolute atomic E-state index is 10.0. The molecule has 0 spiro atoms. The summed E-state index contributed by atoms with van der Waals surface area (Å²) in [4.78, 5) is 7.70. The minimum Gasteiger partial charge on any atom is -0.364 e. The molecule has 0 aliphatic rings. The lowest BCUT2D eigenvalue weighted by Crippen LogP contribution is -2.00. The van der Waals surface area contributed by atoms with Crippen molar-refractivity contribution in [1.82, 2.24) is 19.7 Å². The Morgan fingerprint density at radius 2 is 2.16 bits per heavy atom. The van der Waals surface area contributed by atoms with Crippen molar-refractivity contribution in [2.75, 3.05) is 7.11 Å². The van der Waals surface area contributed by atoms with Gasteiger partial charge < -0.3 is 14.8 Å². The van der Waals surface area contributed by atoms with Crippen LogP contribution in [0.1, 0.15) is 18.8 Å². The molecule has 1 unspecified atom stereocenters. The molecule has 2 N–H and O–H groups in total. The summed E-state index contributed by atoms with van der Waals surface area (Å²) < 4.78 is 6.95. The fourth-order valence-electron chi connectivity index (χ4n) is 3.09. The lowest BCUT2D eigenvalue weighted by molar-refractivity contribution is -0.0760. The molecular formula is C18H17ClN4O2. The molecule has 4 rings (SSSR count). The topological polar surface area (TPSA) is 76.0 Å². The quantitative estimate of drug-likeness (QED) is 0.544. The van der Waals surface area contributed by atoms with Crippen molar-refractivity contribution in [2.24, 2.45) is 0 Å². The van der Waals surface area contributed by atoms with E-state index in [-0.39, 0.29) is 0 Å². The standard InChI is InChI=1S/C18H17ClN4O2/c1-3-23-15-8-10(19)4-5-11(15)17(22-23)14-9-13-16(21-14)12(6-7-20-13)18(24)25-2/h4-9,18,21,24H,3H2,1-2H3. The summed E-state index contributed by atoms with van der Waals surface area (Å²) in [6.45, 7) is 2.78. The van der Waals surface area contributed by atoms with E-state index in [1.54, 1.807) is 12.3 Å². The van der Waals surface area contributed by atoms with Gasteiger partial charge in [0.1, 0.15) is 5.69 Å². The number of ether oxygens (including phenoxy) is 1. The Hall–Kier alpha value is -2.41. The summed E-state index contributed by atoms with van der Waals surface area (Å²) in [5, 5.41) is 16.4. The maximum Gasteiger partial charge on any atom is 0.182 e. The van der Waals surface area contributed by atoms with Crippen molar-refractivity contribution in [2.45, 2.75) is 19.8 Å². The van der Waals surface area contributed by atoms with Crippen LogP contribution in [0, 0.1) is 0 Å². The number of pyridine rings is 1. The second kappa shape index (κ2) is 6.15. The number of hydrogen-bond acceptors (Lipinski definition) is 4. The van der Waals surface area contributed by atoms with Crippen LogP contribution in [-0.4, -0.2) is 32.0 Å². The van der Waals surface area contributed by atoms with Crippen molar-refractivity contribution in [3.8, 4) is 11.4 Å². The van der Waals surface area contributed by atoms with Gasteiger partial charge in [0.2, 0.25) is 0 Å². The van der Waals surface area contributed by atoms with Crippen molar-refractivity contribution < 1.29 is 9.84 Å². The SMILES string of the molecule is CCn1nc(-c2cc3nccc(C(O)OC)c3[nH]2)c2ccc(Cl)cc21. The number of hydrogen-bond donors (Lipinski definition) is 2. The second-order valence-electron chi connectivity index (χ2n) is 5.76. The molecular weight excluding hydrogens is 340 g/mol. The van der Waals surface area contributed by atoms with Gasteiger partial charge in [0, 0.05) is 35.8 Å². The molecule has 4 aromatic rings. The molecule has 0 aliphatic carbocycles. The Morgan fingerprint density at radius 3 is 2.92 bits per heavy atom. The first-order valence-electron chi connectivity index (χ1n) is 7.97. The Morgan fingerprint density at radius 1 is 1.32 bits per heavy atom. The zero-order chi connectivity index (χ0) is 17.6. The molecule has 3 aromatic heterocycles. The number of nitrogens with one attached hydrogen (secondary N) is 1. The Balaban J connectivity index is 1.95. The van der Waals surface area contributed by atoms with E-state index in [2.05, 4.69) is 9.97 Å². The van der Waals surface area contributed by atoms with Gasteiger partial charge >= 0.3 is 0 Å². The van der Waals surface area contributed by atoms with E-state index in [4.69, 9.17) is 21.4 Å². The van der Waals surface area contributed by atoms with Crippen LogP contribution in [-0.2, 0) is 11.3 Å². The van der Waals surface area contributed by atoms with Gasteiger partial charge in [0.05, 0.1) is 22.2 Å². The number of aromatic amines is 1. The number of halogens is 1. The summed E-state index contributed by atoms with van der Waals surface area (Å²) in [7, 11) is 1.46. The van der Waals surface area contributed by atoms with Crippen LogP contribution in [0.15, 0.2) is 36.5 Å². The number of aliphatic hydroxyl groups is 1. The molecule has 128 valence electrons. The third-order valence-corrected chi connectivity index (χ3v) is 4.55. The summed E-state index contributed by atoms with van der Waals surface area (Å²) >= 11 is 6.14. The molecule has 3 heterocycles. The van der Waals surface area contributed by atoms with E-state index in [1.807, 2.05) is 35.9 Å². The number of aliphatic hydroxyl groups excluding tert-OH is 1. The summed E-state index contributed by atoms with van der Waals surface area (Å²) in [5.74, 6) is 0. The van der Waals surface area contributed by atoms with E-state index in [0.29, 0.717) is 10.6 Å². The Bertz CT molecular complexity index is 1070. The van der Waals surface area contributed by atoms with Crippen LogP contribution in [0.5, 0.6) is 0 Å². The highest BCUT2D eigenvalue weighted by Crippen LogP contribution is 2.32. The molecule has 0 fully saturated rings. The third-order valence-electron chi connectivity index (χ3n) is 4.31. The van der Waals surface area contributed by atoms with Crippen molar-refractivity contribution in [3.05, 3.63) is 47.1 Å². The van der Waals surface area contributed by atoms with Crippen molar-refractivity contribution >= 4 is 33.5 Å². The molecule has 0 amide bonds. The smallest absolute Gasteiger partial charge is 0.182 e. The highest BCUT2D eigenvalue weighted by Gasteiger charge is 2.17. The lowest BCUT2D eigenvalue weighted by Gasteiger charge is -2.08. The molecule has 25 heavy (non-hydrogen) atoms. The largest absolute Gasteiger partial charge is 0.364 e. The zero-order valence-electron chi connectivity index (χ0n) is 13.8.